The van der Waals surface area contributed by atoms with Gasteiger partial charge in [-0.25, -0.2) is 0 Å². The SMILES string of the molecule is C=CCN1CCC(NC(=O)C2(N)CCCC2)CC1.Cl.Cl. The molecule has 0 radical (unpaired) electrons. The van der Waals surface area contributed by atoms with Crippen LogP contribution in [0.15, 0.2) is 12.7 Å². The predicted molar refractivity (Wildman–Crippen MR) is 87.7 cm³/mol. The molecule has 1 aliphatic carbocycles. The van der Waals surface area contributed by atoms with Crippen molar-refractivity contribution in [2.24, 2.45) is 5.73 Å². The summed E-state index contributed by atoms with van der Waals surface area (Å²) in [5, 5.41) is 3.15. The number of piperidine rings is 1. The molecule has 0 aromatic carbocycles. The summed E-state index contributed by atoms with van der Waals surface area (Å²) in [7, 11) is 0. The van der Waals surface area contributed by atoms with Crippen LogP contribution in [-0.4, -0.2) is 42.0 Å². The van der Waals surface area contributed by atoms with Gasteiger partial charge in [0.15, 0.2) is 0 Å². The van der Waals surface area contributed by atoms with Gasteiger partial charge in [-0.2, -0.15) is 0 Å². The molecule has 0 atom stereocenters. The summed E-state index contributed by atoms with van der Waals surface area (Å²) in [6.07, 6.45) is 7.84. The van der Waals surface area contributed by atoms with Crippen molar-refractivity contribution in [3.05, 3.63) is 12.7 Å². The zero-order chi connectivity index (χ0) is 13.0. The number of hydrogen-bond donors (Lipinski definition) is 2. The van der Waals surface area contributed by atoms with E-state index < -0.39 is 5.54 Å². The third-order valence-electron chi connectivity index (χ3n) is 4.26. The first kappa shape index (κ1) is 19.7. The van der Waals surface area contributed by atoms with Crippen LogP contribution in [0.3, 0.4) is 0 Å². The monoisotopic (exact) mass is 323 g/mol. The quantitative estimate of drug-likeness (QED) is 0.776. The average Bonchev–Trinajstić information content (AvgIpc) is 2.80. The van der Waals surface area contributed by atoms with E-state index in [1.165, 1.54) is 0 Å². The van der Waals surface area contributed by atoms with Crippen molar-refractivity contribution in [3.8, 4) is 0 Å². The zero-order valence-electron chi connectivity index (χ0n) is 12.0. The fraction of sp³-hybridized carbons (Fsp3) is 0.786. The van der Waals surface area contributed by atoms with E-state index in [-0.39, 0.29) is 30.7 Å². The number of nitrogens with one attached hydrogen (secondary N) is 1. The van der Waals surface area contributed by atoms with Crippen molar-refractivity contribution >= 4 is 30.7 Å². The first-order chi connectivity index (χ1) is 8.64. The summed E-state index contributed by atoms with van der Waals surface area (Å²) in [4.78, 5) is 14.5. The van der Waals surface area contributed by atoms with E-state index in [4.69, 9.17) is 5.73 Å². The molecule has 2 fully saturated rings. The first-order valence-electron chi connectivity index (χ1n) is 7.07. The molecule has 1 saturated heterocycles. The maximum absolute atomic E-state index is 12.2. The van der Waals surface area contributed by atoms with Gasteiger partial charge >= 0.3 is 0 Å². The topological polar surface area (TPSA) is 58.4 Å². The molecule has 0 unspecified atom stereocenters. The van der Waals surface area contributed by atoms with Gasteiger partial charge in [0.1, 0.15) is 0 Å². The Morgan fingerprint density at radius 3 is 2.35 bits per heavy atom. The number of amides is 1. The van der Waals surface area contributed by atoms with Gasteiger partial charge in [0.25, 0.3) is 0 Å². The molecule has 6 heteroatoms. The molecule has 2 rings (SSSR count). The molecule has 0 aromatic heterocycles. The van der Waals surface area contributed by atoms with Crippen LogP contribution in [0.1, 0.15) is 38.5 Å². The van der Waals surface area contributed by atoms with E-state index in [1.54, 1.807) is 0 Å². The summed E-state index contributed by atoms with van der Waals surface area (Å²) in [6.45, 7) is 6.77. The Morgan fingerprint density at radius 2 is 1.85 bits per heavy atom. The maximum atomic E-state index is 12.2. The van der Waals surface area contributed by atoms with Gasteiger partial charge in [-0.15, -0.1) is 31.4 Å². The number of carbonyl (C=O) groups excluding carboxylic acids is 1. The minimum Gasteiger partial charge on any atom is -0.352 e. The summed E-state index contributed by atoms with van der Waals surface area (Å²) in [6, 6.07) is 0.305. The third kappa shape index (κ3) is 4.92. The Morgan fingerprint density at radius 1 is 1.30 bits per heavy atom. The summed E-state index contributed by atoms with van der Waals surface area (Å²) < 4.78 is 0. The molecule has 3 N–H and O–H groups in total. The van der Waals surface area contributed by atoms with Crippen LogP contribution < -0.4 is 11.1 Å². The minimum absolute atomic E-state index is 0. The lowest BCUT2D eigenvalue weighted by Gasteiger charge is -2.33. The van der Waals surface area contributed by atoms with Crippen LogP contribution in [0.4, 0.5) is 0 Å². The van der Waals surface area contributed by atoms with E-state index in [0.717, 1.165) is 58.2 Å². The molecular formula is C14H27Cl2N3O. The molecule has 1 amide bonds. The Kier molecular flexibility index (Phi) is 8.75. The highest BCUT2D eigenvalue weighted by Crippen LogP contribution is 2.27. The highest BCUT2D eigenvalue weighted by molar-refractivity contribution is 5.86. The molecule has 2 aliphatic rings. The Hall–Kier alpha value is -0.290. The molecule has 0 spiro atoms. The highest BCUT2D eigenvalue weighted by Gasteiger charge is 2.38. The number of hydrogen-bond acceptors (Lipinski definition) is 3. The fourth-order valence-electron chi connectivity index (χ4n) is 3.00. The van der Waals surface area contributed by atoms with Crippen LogP contribution in [-0.2, 0) is 4.79 Å². The molecule has 1 heterocycles. The Labute approximate surface area is 134 Å². The molecular weight excluding hydrogens is 297 g/mol. The summed E-state index contributed by atoms with van der Waals surface area (Å²) in [5.74, 6) is 0.0715. The van der Waals surface area contributed by atoms with E-state index in [0.29, 0.717) is 6.04 Å². The fourth-order valence-corrected chi connectivity index (χ4v) is 3.00. The first-order valence-corrected chi connectivity index (χ1v) is 7.07. The van der Waals surface area contributed by atoms with Crippen LogP contribution >= 0.6 is 24.8 Å². The van der Waals surface area contributed by atoms with Crippen molar-refractivity contribution in [1.82, 2.24) is 10.2 Å². The van der Waals surface area contributed by atoms with Crippen LogP contribution in [0.25, 0.3) is 0 Å². The van der Waals surface area contributed by atoms with Gasteiger partial charge in [0, 0.05) is 25.7 Å². The number of halogens is 2. The smallest absolute Gasteiger partial charge is 0.240 e. The summed E-state index contributed by atoms with van der Waals surface area (Å²) in [5.41, 5.74) is 5.57. The molecule has 118 valence electrons. The van der Waals surface area contributed by atoms with Crippen LogP contribution in [0.5, 0.6) is 0 Å². The number of nitrogens with zero attached hydrogens (tertiary/aromatic N) is 1. The van der Waals surface area contributed by atoms with E-state index >= 15 is 0 Å². The lowest BCUT2D eigenvalue weighted by atomic mass is 9.96. The third-order valence-corrected chi connectivity index (χ3v) is 4.26. The van der Waals surface area contributed by atoms with Gasteiger partial charge in [0.05, 0.1) is 5.54 Å². The van der Waals surface area contributed by atoms with Gasteiger partial charge in [-0.1, -0.05) is 18.9 Å². The number of nitrogens with two attached hydrogens (primary N) is 1. The van der Waals surface area contributed by atoms with Gasteiger partial charge in [0.2, 0.25) is 5.91 Å². The van der Waals surface area contributed by atoms with Gasteiger partial charge < -0.3 is 11.1 Å². The van der Waals surface area contributed by atoms with E-state index in [1.807, 2.05) is 6.08 Å². The average molecular weight is 324 g/mol. The molecule has 4 nitrogen and oxygen atoms in total. The standard InChI is InChI=1S/C14H25N3O.2ClH/c1-2-9-17-10-5-12(6-11-17)16-13(18)14(15)7-3-4-8-14;;/h2,12H,1,3-11,15H2,(H,16,18);2*1H. The van der Waals surface area contributed by atoms with Crippen molar-refractivity contribution < 1.29 is 4.79 Å². The van der Waals surface area contributed by atoms with Gasteiger partial charge in [-0.3, -0.25) is 9.69 Å². The normalized spacial score (nSPS) is 22.4. The molecule has 20 heavy (non-hydrogen) atoms. The zero-order valence-corrected chi connectivity index (χ0v) is 13.6. The van der Waals surface area contributed by atoms with Gasteiger partial charge in [-0.05, 0) is 25.7 Å². The number of rotatable bonds is 4. The second kappa shape index (κ2) is 8.88. The summed E-state index contributed by atoms with van der Waals surface area (Å²) >= 11 is 0. The highest BCUT2D eigenvalue weighted by atomic mass is 35.5. The van der Waals surface area contributed by atoms with Crippen molar-refractivity contribution in [2.75, 3.05) is 19.6 Å². The molecule has 0 bridgehead atoms. The van der Waals surface area contributed by atoms with E-state index in [9.17, 15) is 4.79 Å². The second-order valence-electron chi connectivity index (χ2n) is 5.70. The second-order valence-corrected chi connectivity index (χ2v) is 5.70. The number of carbonyl (C=O) groups is 1. The Balaban J connectivity index is 0.00000180. The van der Waals surface area contributed by atoms with Crippen molar-refractivity contribution in [2.45, 2.75) is 50.1 Å². The van der Waals surface area contributed by atoms with E-state index in [2.05, 4.69) is 16.8 Å². The van der Waals surface area contributed by atoms with Crippen molar-refractivity contribution in [3.63, 3.8) is 0 Å². The Bertz CT molecular complexity index is 312. The number of likely N-dealkylation sites (tertiary alicyclic amines) is 1. The van der Waals surface area contributed by atoms with Crippen LogP contribution in [0.2, 0.25) is 0 Å². The lowest BCUT2D eigenvalue weighted by molar-refractivity contribution is -0.127. The lowest BCUT2D eigenvalue weighted by Crippen LogP contribution is -2.56. The predicted octanol–water partition coefficient (Wildman–Crippen LogP) is 1.87. The molecule has 0 aromatic rings. The van der Waals surface area contributed by atoms with Crippen LogP contribution in [0, 0.1) is 0 Å². The molecule has 1 aliphatic heterocycles. The van der Waals surface area contributed by atoms with Crippen molar-refractivity contribution in [1.29, 1.82) is 0 Å². The minimum atomic E-state index is -0.585. The largest absolute Gasteiger partial charge is 0.352 e. The maximum Gasteiger partial charge on any atom is 0.240 e. The molecule has 1 saturated carbocycles.